The van der Waals surface area contributed by atoms with Crippen LogP contribution in [0.25, 0.3) is 0 Å². The molecule has 2 aromatic rings. The Morgan fingerprint density at radius 1 is 1.42 bits per heavy atom. The quantitative estimate of drug-likeness (QED) is 0.884. The first kappa shape index (κ1) is 14.2. The third kappa shape index (κ3) is 3.61. The predicted molar refractivity (Wildman–Crippen MR) is 78.4 cm³/mol. The molecule has 0 bridgehead atoms. The standard InChI is InChI=1S/C14H13BrClNO2/c1-2-11(9-4-3-5-10(16)8-9)17-14(18)12-6-7-13(15)19-12/h3-8,11H,2H2,1H3,(H,17,18). The Bertz CT molecular complexity index is 582. The molecule has 0 aliphatic heterocycles. The van der Waals surface area contributed by atoms with Gasteiger partial charge in [-0.1, -0.05) is 30.7 Å². The Morgan fingerprint density at radius 2 is 2.21 bits per heavy atom. The van der Waals surface area contributed by atoms with Crippen molar-refractivity contribution in [2.24, 2.45) is 0 Å². The summed E-state index contributed by atoms with van der Waals surface area (Å²) in [5.74, 6) is 0.0462. The molecule has 19 heavy (non-hydrogen) atoms. The van der Waals surface area contributed by atoms with Crippen molar-refractivity contribution < 1.29 is 9.21 Å². The summed E-state index contributed by atoms with van der Waals surface area (Å²) in [6.45, 7) is 2.00. The average molecular weight is 343 g/mol. The van der Waals surface area contributed by atoms with Crippen LogP contribution >= 0.6 is 27.5 Å². The van der Waals surface area contributed by atoms with Gasteiger partial charge < -0.3 is 9.73 Å². The van der Waals surface area contributed by atoms with Crippen molar-refractivity contribution in [3.05, 3.63) is 57.4 Å². The second-order valence-electron chi connectivity index (χ2n) is 4.09. The normalized spacial score (nSPS) is 12.2. The van der Waals surface area contributed by atoms with Crippen LogP contribution in [0.5, 0.6) is 0 Å². The number of nitrogens with one attached hydrogen (secondary N) is 1. The molecule has 1 aromatic heterocycles. The van der Waals surface area contributed by atoms with E-state index in [4.69, 9.17) is 16.0 Å². The van der Waals surface area contributed by atoms with Crippen LogP contribution in [-0.4, -0.2) is 5.91 Å². The zero-order valence-electron chi connectivity index (χ0n) is 10.3. The third-order valence-electron chi connectivity index (χ3n) is 2.76. The maximum Gasteiger partial charge on any atom is 0.287 e. The highest BCUT2D eigenvalue weighted by Crippen LogP contribution is 2.21. The second kappa shape index (κ2) is 6.26. The lowest BCUT2D eigenvalue weighted by Crippen LogP contribution is -2.27. The molecule has 100 valence electrons. The number of hydrogen-bond donors (Lipinski definition) is 1. The Morgan fingerprint density at radius 3 is 2.79 bits per heavy atom. The summed E-state index contributed by atoms with van der Waals surface area (Å²) in [7, 11) is 0. The van der Waals surface area contributed by atoms with Gasteiger partial charge in [0.25, 0.3) is 5.91 Å². The van der Waals surface area contributed by atoms with Gasteiger partial charge in [-0.05, 0) is 52.2 Å². The van der Waals surface area contributed by atoms with Gasteiger partial charge in [0.05, 0.1) is 6.04 Å². The Kier molecular flexibility index (Phi) is 4.66. The van der Waals surface area contributed by atoms with Crippen molar-refractivity contribution >= 4 is 33.4 Å². The van der Waals surface area contributed by atoms with Crippen LogP contribution in [0.3, 0.4) is 0 Å². The number of halogens is 2. The molecule has 0 saturated heterocycles. The summed E-state index contributed by atoms with van der Waals surface area (Å²) >= 11 is 9.14. The minimum absolute atomic E-state index is 0.0879. The number of amides is 1. The van der Waals surface area contributed by atoms with Gasteiger partial charge in [-0.15, -0.1) is 0 Å². The van der Waals surface area contributed by atoms with E-state index in [2.05, 4.69) is 21.2 Å². The first-order chi connectivity index (χ1) is 9.10. The van der Waals surface area contributed by atoms with Crippen molar-refractivity contribution in [3.8, 4) is 0 Å². The number of carbonyl (C=O) groups excluding carboxylic acids is 1. The third-order valence-corrected chi connectivity index (χ3v) is 3.42. The molecule has 0 aliphatic rings. The van der Waals surface area contributed by atoms with E-state index in [1.165, 1.54) is 0 Å². The Hall–Kier alpha value is -1.26. The van der Waals surface area contributed by atoms with E-state index in [-0.39, 0.29) is 17.7 Å². The summed E-state index contributed by atoms with van der Waals surface area (Å²) in [6, 6.07) is 10.7. The predicted octanol–water partition coefficient (Wildman–Crippen LogP) is 4.58. The van der Waals surface area contributed by atoms with Crippen molar-refractivity contribution in [1.82, 2.24) is 5.32 Å². The number of furan rings is 1. The average Bonchev–Trinajstić information content (AvgIpc) is 2.82. The number of carbonyl (C=O) groups is 1. The molecule has 0 fully saturated rings. The minimum Gasteiger partial charge on any atom is -0.444 e. The van der Waals surface area contributed by atoms with Gasteiger partial charge in [0.15, 0.2) is 10.4 Å². The number of benzene rings is 1. The van der Waals surface area contributed by atoms with Crippen molar-refractivity contribution in [2.75, 3.05) is 0 Å². The lowest BCUT2D eigenvalue weighted by atomic mass is 10.0. The van der Waals surface area contributed by atoms with Crippen LogP contribution in [0, 0.1) is 0 Å². The number of hydrogen-bond acceptors (Lipinski definition) is 2. The summed E-state index contributed by atoms with van der Waals surface area (Å²) in [5, 5.41) is 3.59. The molecule has 1 N–H and O–H groups in total. The van der Waals surface area contributed by atoms with Crippen molar-refractivity contribution in [3.63, 3.8) is 0 Å². The lowest BCUT2D eigenvalue weighted by molar-refractivity contribution is 0.0906. The van der Waals surface area contributed by atoms with Crippen molar-refractivity contribution in [1.29, 1.82) is 0 Å². The Labute approximate surface area is 125 Å². The molecule has 1 unspecified atom stereocenters. The molecule has 2 rings (SSSR count). The molecule has 0 saturated carbocycles. The molecule has 0 radical (unpaired) electrons. The zero-order chi connectivity index (χ0) is 13.8. The van der Waals surface area contributed by atoms with Gasteiger partial charge in [-0.2, -0.15) is 0 Å². The second-order valence-corrected chi connectivity index (χ2v) is 5.31. The topological polar surface area (TPSA) is 42.2 Å². The maximum absolute atomic E-state index is 12.0. The smallest absolute Gasteiger partial charge is 0.287 e. The molecule has 5 heteroatoms. The highest BCUT2D eigenvalue weighted by atomic mass is 79.9. The summed E-state index contributed by atoms with van der Waals surface area (Å²) in [6.07, 6.45) is 0.772. The van der Waals surface area contributed by atoms with Gasteiger partial charge in [-0.3, -0.25) is 4.79 Å². The van der Waals surface area contributed by atoms with E-state index in [9.17, 15) is 4.79 Å². The van der Waals surface area contributed by atoms with Gasteiger partial charge >= 0.3 is 0 Å². The fraction of sp³-hybridized carbons (Fsp3) is 0.214. The van der Waals surface area contributed by atoms with Crippen LogP contribution in [0.1, 0.15) is 35.5 Å². The highest BCUT2D eigenvalue weighted by Gasteiger charge is 2.16. The first-order valence-electron chi connectivity index (χ1n) is 5.92. The van der Waals surface area contributed by atoms with Crippen LogP contribution in [0.15, 0.2) is 45.5 Å². The minimum atomic E-state index is -0.238. The number of rotatable bonds is 4. The molecular weight excluding hydrogens is 330 g/mol. The van der Waals surface area contributed by atoms with Gasteiger partial charge in [0.1, 0.15) is 0 Å². The van der Waals surface area contributed by atoms with E-state index >= 15 is 0 Å². The van der Waals surface area contributed by atoms with Crippen molar-refractivity contribution in [2.45, 2.75) is 19.4 Å². The van der Waals surface area contributed by atoms with Crippen LogP contribution < -0.4 is 5.32 Å². The molecule has 3 nitrogen and oxygen atoms in total. The van der Waals surface area contributed by atoms with E-state index in [0.717, 1.165) is 12.0 Å². The first-order valence-corrected chi connectivity index (χ1v) is 7.09. The van der Waals surface area contributed by atoms with E-state index in [1.54, 1.807) is 12.1 Å². The molecular formula is C14H13BrClNO2. The molecule has 1 aromatic carbocycles. The lowest BCUT2D eigenvalue weighted by Gasteiger charge is -2.16. The maximum atomic E-state index is 12.0. The van der Waals surface area contributed by atoms with Gasteiger partial charge in [0.2, 0.25) is 0 Å². The summed E-state index contributed by atoms with van der Waals surface area (Å²) in [4.78, 5) is 12.0. The van der Waals surface area contributed by atoms with E-state index < -0.39 is 0 Å². The van der Waals surface area contributed by atoms with E-state index in [1.807, 2.05) is 31.2 Å². The fourth-order valence-electron chi connectivity index (χ4n) is 1.81. The Balaban J connectivity index is 2.13. The molecule has 0 spiro atoms. The van der Waals surface area contributed by atoms with E-state index in [0.29, 0.717) is 9.69 Å². The monoisotopic (exact) mass is 341 g/mol. The molecule has 1 atom stereocenters. The highest BCUT2D eigenvalue weighted by molar-refractivity contribution is 9.10. The van der Waals surface area contributed by atoms with Crippen LogP contribution in [0.4, 0.5) is 0 Å². The SMILES string of the molecule is CCC(NC(=O)c1ccc(Br)o1)c1cccc(Cl)c1. The summed E-state index contributed by atoms with van der Waals surface area (Å²) in [5.41, 5.74) is 0.981. The van der Waals surface area contributed by atoms with Crippen LogP contribution in [0.2, 0.25) is 5.02 Å². The zero-order valence-corrected chi connectivity index (χ0v) is 12.7. The largest absolute Gasteiger partial charge is 0.444 e. The molecule has 1 heterocycles. The summed E-state index contributed by atoms with van der Waals surface area (Å²) < 4.78 is 5.76. The van der Waals surface area contributed by atoms with Crippen LogP contribution in [-0.2, 0) is 0 Å². The van der Waals surface area contributed by atoms with Gasteiger partial charge in [-0.25, -0.2) is 0 Å². The molecule has 0 aliphatic carbocycles. The van der Waals surface area contributed by atoms with Gasteiger partial charge in [0, 0.05) is 5.02 Å². The molecule has 1 amide bonds. The fourth-order valence-corrected chi connectivity index (χ4v) is 2.32.